The van der Waals surface area contributed by atoms with Gasteiger partial charge in [0.1, 0.15) is 27.9 Å². The Morgan fingerprint density at radius 1 is 1.08 bits per heavy atom. The van der Waals surface area contributed by atoms with E-state index in [0.717, 1.165) is 23.0 Å². The van der Waals surface area contributed by atoms with E-state index in [4.69, 9.17) is 10.1 Å². The zero-order chi connectivity index (χ0) is 18.5. The molecule has 3 aromatic rings. The Morgan fingerprint density at radius 3 is 2.38 bits per heavy atom. The number of amides is 1. The minimum Gasteiger partial charge on any atom is -0.457 e. The molecule has 1 aromatic heterocycles. The van der Waals surface area contributed by atoms with Crippen LogP contribution in [0.5, 0.6) is 11.5 Å². The molecule has 0 unspecified atom stereocenters. The van der Waals surface area contributed by atoms with E-state index < -0.39 is 11.5 Å². The SMILES string of the molecule is CC(=O)NC(=N)c1c(Nc2ccc(Oc3ccccc3)cc2)s[nH]c1=O. The number of amidine groups is 1. The van der Waals surface area contributed by atoms with Gasteiger partial charge in [0.25, 0.3) is 5.56 Å². The minimum absolute atomic E-state index is 0.0924. The number of benzene rings is 2. The average Bonchev–Trinajstić information content (AvgIpc) is 2.97. The van der Waals surface area contributed by atoms with E-state index in [9.17, 15) is 9.59 Å². The van der Waals surface area contributed by atoms with E-state index in [-0.39, 0.29) is 11.4 Å². The summed E-state index contributed by atoms with van der Waals surface area (Å²) in [5.41, 5.74) is 0.382. The van der Waals surface area contributed by atoms with Crippen molar-refractivity contribution in [2.75, 3.05) is 5.32 Å². The highest BCUT2D eigenvalue weighted by Crippen LogP contribution is 2.26. The zero-order valence-electron chi connectivity index (χ0n) is 13.8. The molecule has 2 aromatic carbocycles. The molecule has 1 amide bonds. The summed E-state index contributed by atoms with van der Waals surface area (Å²) in [5, 5.41) is 13.7. The first-order valence-corrected chi connectivity index (χ1v) is 8.52. The maximum absolute atomic E-state index is 11.9. The van der Waals surface area contributed by atoms with Crippen molar-refractivity contribution in [2.24, 2.45) is 0 Å². The van der Waals surface area contributed by atoms with Gasteiger partial charge in [-0.25, -0.2) is 0 Å². The van der Waals surface area contributed by atoms with Gasteiger partial charge < -0.3 is 15.4 Å². The lowest BCUT2D eigenvalue weighted by Gasteiger charge is -2.09. The second kappa shape index (κ2) is 7.66. The van der Waals surface area contributed by atoms with Crippen LogP contribution in [0.3, 0.4) is 0 Å². The second-order valence-corrected chi connectivity index (χ2v) is 6.17. The molecule has 0 aliphatic rings. The number of aromatic amines is 1. The van der Waals surface area contributed by atoms with Gasteiger partial charge in [0.2, 0.25) is 5.91 Å². The molecule has 0 saturated heterocycles. The van der Waals surface area contributed by atoms with Crippen molar-refractivity contribution >= 4 is 34.0 Å². The number of para-hydroxylation sites is 1. The maximum Gasteiger partial charge on any atom is 0.271 e. The van der Waals surface area contributed by atoms with Gasteiger partial charge in [-0.2, -0.15) is 0 Å². The fourth-order valence-corrected chi connectivity index (χ4v) is 2.98. The Bertz CT molecular complexity index is 978. The summed E-state index contributed by atoms with van der Waals surface area (Å²) in [6.07, 6.45) is 0. The van der Waals surface area contributed by atoms with Crippen molar-refractivity contribution in [1.82, 2.24) is 9.69 Å². The highest BCUT2D eigenvalue weighted by Gasteiger charge is 2.16. The Balaban J connectivity index is 1.75. The molecule has 0 aliphatic carbocycles. The number of ether oxygens (including phenoxy) is 1. The van der Waals surface area contributed by atoms with Gasteiger partial charge in [0.05, 0.1) is 0 Å². The number of hydrogen-bond donors (Lipinski definition) is 4. The largest absolute Gasteiger partial charge is 0.457 e. The van der Waals surface area contributed by atoms with Crippen LogP contribution in [-0.4, -0.2) is 16.1 Å². The van der Waals surface area contributed by atoms with E-state index in [1.807, 2.05) is 30.3 Å². The number of carbonyl (C=O) groups is 1. The molecule has 0 bridgehead atoms. The summed E-state index contributed by atoms with van der Waals surface area (Å²) >= 11 is 1.06. The first kappa shape index (κ1) is 17.4. The Hall–Kier alpha value is -3.39. The third kappa shape index (κ3) is 4.17. The molecule has 0 saturated carbocycles. The summed E-state index contributed by atoms with van der Waals surface area (Å²) in [6.45, 7) is 1.29. The van der Waals surface area contributed by atoms with Crippen LogP contribution in [-0.2, 0) is 4.79 Å². The van der Waals surface area contributed by atoms with Crippen molar-refractivity contribution in [3.8, 4) is 11.5 Å². The number of anilines is 2. The Kier molecular flexibility index (Phi) is 5.14. The topological polar surface area (TPSA) is 107 Å². The standard InChI is InChI=1S/C18H16N4O3S/c1-11(23)20-16(19)15-17(24)22-26-18(15)21-12-7-9-14(10-8-12)25-13-5-3-2-4-6-13/h2-10,21H,1H3,(H,22,24)(H2,19,20,23). The summed E-state index contributed by atoms with van der Waals surface area (Å²) in [5.74, 6) is 0.763. The minimum atomic E-state index is -0.430. The van der Waals surface area contributed by atoms with Gasteiger partial charge in [-0.1, -0.05) is 18.2 Å². The Morgan fingerprint density at radius 2 is 1.73 bits per heavy atom. The van der Waals surface area contributed by atoms with Crippen LogP contribution in [0.4, 0.5) is 10.7 Å². The van der Waals surface area contributed by atoms with Crippen LogP contribution in [0.25, 0.3) is 0 Å². The van der Waals surface area contributed by atoms with Crippen molar-refractivity contribution < 1.29 is 9.53 Å². The summed E-state index contributed by atoms with van der Waals surface area (Å²) in [4.78, 5) is 23.0. The lowest BCUT2D eigenvalue weighted by molar-refractivity contribution is -0.117. The second-order valence-electron chi connectivity index (χ2n) is 5.36. The van der Waals surface area contributed by atoms with Gasteiger partial charge in [0, 0.05) is 12.6 Å². The normalized spacial score (nSPS) is 10.2. The van der Waals surface area contributed by atoms with E-state index in [0.29, 0.717) is 10.8 Å². The summed E-state index contributed by atoms with van der Waals surface area (Å²) in [7, 11) is 0. The molecule has 7 nitrogen and oxygen atoms in total. The number of carbonyl (C=O) groups excluding carboxylic acids is 1. The van der Waals surface area contributed by atoms with Crippen molar-refractivity contribution in [3.05, 3.63) is 70.5 Å². The van der Waals surface area contributed by atoms with E-state index in [2.05, 4.69) is 15.0 Å². The fraction of sp³-hybridized carbons (Fsp3) is 0.0556. The van der Waals surface area contributed by atoms with Crippen LogP contribution in [0.1, 0.15) is 12.5 Å². The third-order valence-corrected chi connectivity index (χ3v) is 4.14. The van der Waals surface area contributed by atoms with Gasteiger partial charge in [0.15, 0.2) is 0 Å². The van der Waals surface area contributed by atoms with Crippen LogP contribution >= 0.6 is 11.5 Å². The first-order chi connectivity index (χ1) is 12.5. The molecule has 26 heavy (non-hydrogen) atoms. The van der Waals surface area contributed by atoms with Crippen molar-refractivity contribution in [1.29, 1.82) is 5.41 Å². The third-order valence-electron chi connectivity index (χ3n) is 3.34. The molecule has 0 atom stereocenters. The molecule has 0 fully saturated rings. The van der Waals surface area contributed by atoms with Crippen molar-refractivity contribution in [3.63, 3.8) is 0 Å². The highest BCUT2D eigenvalue weighted by atomic mass is 32.1. The van der Waals surface area contributed by atoms with Gasteiger partial charge in [-0.15, -0.1) is 0 Å². The van der Waals surface area contributed by atoms with E-state index in [1.54, 1.807) is 24.3 Å². The monoisotopic (exact) mass is 368 g/mol. The van der Waals surface area contributed by atoms with Gasteiger partial charge in [-0.3, -0.25) is 19.4 Å². The zero-order valence-corrected chi connectivity index (χ0v) is 14.6. The lowest BCUT2D eigenvalue weighted by Crippen LogP contribution is -2.31. The molecular weight excluding hydrogens is 352 g/mol. The number of rotatable bonds is 5. The van der Waals surface area contributed by atoms with Gasteiger partial charge >= 0.3 is 0 Å². The van der Waals surface area contributed by atoms with Crippen LogP contribution in [0.2, 0.25) is 0 Å². The molecule has 4 N–H and O–H groups in total. The molecule has 3 rings (SSSR count). The van der Waals surface area contributed by atoms with E-state index >= 15 is 0 Å². The molecule has 132 valence electrons. The average molecular weight is 368 g/mol. The molecule has 0 spiro atoms. The first-order valence-electron chi connectivity index (χ1n) is 7.71. The number of nitrogens with one attached hydrogen (secondary N) is 4. The molecule has 0 radical (unpaired) electrons. The maximum atomic E-state index is 11.9. The highest BCUT2D eigenvalue weighted by molar-refractivity contribution is 7.10. The molecule has 8 heteroatoms. The quantitative estimate of drug-likeness (QED) is 0.409. The van der Waals surface area contributed by atoms with Crippen LogP contribution in [0.15, 0.2) is 59.4 Å². The van der Waals surface area contributed by atoms with Crippen LogP contribution < -0.4 is 20.9 Å². The molecule has 1 heterocycles. The molecular formula is C18H16N4O3S. The fourth-order valence-electron chi connectivity index (χ4n) is 2.22. The number of aromatic nitrogens is 1. The number of hydrogen-bond acceptors (Lipinski definition) is 6. The van der Waals surface area contributed by atoms with Crippen LogP contribution in [0, 0.1) is 5.41 Å². The van der Waals surface area contributed by atoms with E-state index in [1.165, 1.54) is 6.92 Å². The van der Waals surface area contributed by atoms with Gasteiger partial charge in [-0.05, 0) is 47.9 Å². The number of H-pyrrole nitrogens is 1. The lowest BCUT2D eigenvalue weighted by atomic mass is 10.2. The predicted molar refractivity (Wildman–Crippen MR) is 102 cm³/mol. The van der Waals surface area contributed by atoms with Crippen molar-refractivity contribution in [2.45, 2.75) is 6.92 Å². The molecule has 0 aliphatic heterocycles. The predicted octanol–water partition coefficient (Wildman–Crippen LogP) is 3.43. The summed E-state index contributed by atoms with van der Waals surface area (Å²) in [6, 6.07) is 16.6. The smallest absolute Gasteiger partial charge is 0.271 e. The Labute approximate surface area is 153 Å². The summed E-state index contributed by atoms with van der Waals surface area (Å²) < 4.78 is 8.29.